The first-order chi connectivity index (χ1) is 13.0. The molecule has 0 N–H and O–H groups in total. The average molecular weight is 446 g/mol. The largest absolute Gasteiger partial charge is 0.299 e. The molecule has 2 aliphatic carbocycles. The smallest absolute Gasteiger partial charge is 0.161 e. The lowest BCUT2D eigenvalue weighted by atomic mass is 9.60. The Kier molecular flexibility index (Phi) is 4.53. The molecule has 1 heterocycles. The van der Waals surface area contributed by atoms with E-state index in [0.29, 0.717) is 22.9 Å². The molecule has 0 bridgehead atoms. The zero-order valence-electron chi connectivity index (χ0n) is 16.7. The van der Waals surface area contributed by atoms with Gasteiger partial charge in [-0.05, 0) is 57.3 Å². The second-order valence-corrected chi connectivity index (χ2v) is 10.9. The van der Waals surface area contributed by atoms with Crippen molar-refractivity contribution in [3.8, 4) is 0 Å². The average Bonchev–Trinajstić information content (AvgIpc) is 2.53. The summed E-state index contributed by atoms with van der Waals surface area (Å²) < 4.78 is 14.2. The molecule has 1 aromatic rings. The van der Waals surface area contributed by atoms with Crippen LogP contribution in [-0.2, 0) is 9.59 Å². The third-order valence-electron chi connectivity index (χ3n) is 6.14. The number of hydrogen-bond acceptors (Lipinski definition) is 3. The molecule has 3 nitrogen and oxygen atoms in total. The molecule has 0 radical (unpaired) electrons. The molecule has 1 saturated carbocycles. The van der Waals surface area contributed by atoms with Gasteiger partial charge in [-0.15, -0.1) is 0 Å². The Bertz CT molecular complexity index is 957. The maximum atomic E-state index is 13.9. The molecule has 0 saturated heterocycles. The molecule has 3 aliphatic rings. The summed E-state index contributed by atoms with van der Waals surface area (Å²) in [6.07, 6.45) is 2.38. The van der Waals surface area contributed by atoms with E-state index in [-0.39, 0.29) is 34.1 Å². The van der Waals surface area contributed by atoms with Gasteiger partial charge in [0.25, 0.3) is 0 Å². The normalized spacial score (nSPS) is 28.6. The van der Waals surface area contributed by atoms with E-state index < -0.39 is 5.92 Å². The summed E-state index contributed by atoms with van der Waals surface area (Å²) in [5.41, 5.74) is 2.90. The van der Waals surface area contributed by atoms with Crippen LogP contribution < -0.4 is 0 Å². The summed E-state index contributed by atoms with van der Waals surface area (Å²) in [6.45, 7) is 8.35. The van der Waals surface area contributed by atoms with Crippen LogP contribution in [0.5, 0.6) is 0 Å². The van der Waals surface area contributed by atoms with Crippen molar-refractivity contribution < 1.29 is 14.0 Å². The van der Waals surface area contributed by atoms with Crippen LogP contribution in [0.4, 0.5) is 4.39 Å². The summed E-state index contributed by atoms with van der Waals surface area (Å²) in [5.74, 6) is -0.947. The van der Waals surface area contributed by atoms with Gasteiger partial charge in [0, 0.05) is 35.7 Å². The molecule has 5 heteroatoms. The highest BCUT2D eigenvalue weighted by Crippen LogP contribution is 2.51. The maximum Gasteiger partial charge on any atom is 0.161 e. The van der Waals surface area contributed by atoms with Crippen LogP contribution >= 0.6 is 15.9 Å². The number of allylic oxidation sites excluding steroid dienone is 2. The fourth-order valence-electron chi connectivity index (χ4n) is 5.08. The van der Waals surface area contributed by atoms with E-state index in [9.17, 15) is 14.0 Å². The first-order valence-electron chi connectivity index (χ1n) is 9.79. The van der Waals surface area contributed by atoms with Crippen LogP contribution in [0.15, 0.2) is 38.9 Å². The van der Waals surface area contributed by atoms with E-state index in [0.717, 1.165) is 29.8 Å². The number of carbonyl (C=O) groups excluding carboxylic acids is 2. The number of ketones is 2. The molecule has 1 aliphatic heterocycles. The molecule has 0 aromatic heterocycles. The zero-order valence-corrected chi connectivity index (χ0v) is 18.3. The molecule has 4 rings (SSSR count). The summed E-state index contributed by atoms with van der Waals surface area (Å²) in [4.78, 5) is 31.3. The predicted octanol–water partition coefficient (Wildman–Crippen LogP) is 5.77. The Morgan fingerprint density at radius 2 is 1.68 bits per heavy atom. The molecule has 28 heavy (non-hydrogen) atoms. The van der Waals surface area contributed by atoms with Crippen molar-refractivity contribution in [2.75, 3.05) is 0 Å². The SMILES string of the molecule is CC1(C)CC(=O)C2C(=NC3=C(C(=O)CC(C)(C)C3)C2c2ccc(F)c(Br)c2)C1. The molecule has 1 aromatic carbocycles. The van der Waals surface area contributed by atoms with Gasteiger partial charge < -0.3 is 0 Å². The van der Waals surface area contributed by atoms with Gasteiger partial charge in [-0.3, -0.25) is 14.6 Å². The Hall–Kier alpha value is -1.62. The minimum Gasteiger partial charge on any atom is -0.299 e. The van der Waals surface area contributed by atoms with Crippen molar-refractivity contribution >= 4 is 33.2 Å². The second-order valence-electron chi connectivity index (χ2n) is 10.0. The van der Waals surface area contributed by atoms with E-state index in [1.165, 1.54) is 6.07 Å². The lowest BCUT2D eigenvalue weighted by Crippen LogP contribution is -2.45. The lowest BCUT2D eigenvalue weighted by Gasteiger charge is -2.44. The molecular formula is C23H25BrFNO2. The number of hydrogen-bond donors (Lipinski definition) is 0. The van der Waals surface area contributed by atoms with Crippen molar-refractivity contribution in [2.24, 2.45) is 21.7 Å². The van der Waals surface area contributed by atoms with Crippen LogP contribution in [0.25, 0.3) is 0 Å². The zero-order chi connectivity index (χ0) is 20.4. The van der Waals surface area contributed by atoms with Crippen molar-refractivity contribution in [3.05, 3.63) is 45.3 Å². The maximum absolute atomic E-state index is 13.9. The van der Waals surface area contributed by atoms with E-state index in [1.807, 2.05) is 0 Å². The summed E-state index contributed by atoms with van der Waals surface area (Å²) in [6, 6.07) is 4.82. The van der Waals surface area contributed by atoms with Gasteiger partial charge in [0.1, 0.15) is 11.6 Å². The molecule has 0 spiro atoms. The summed E-state index contributed by atoms with van der Waals surface area (Å²) in [5, 5.41) is 0. The van der Waals surface area contributed by atoms with Gasteiger partial charge in [-0.2, -0.15) is 0 Å². The Balaban J connectivity index is 1.92. The highest BCUT2D eigenvalue weighted by atomic mass is 79.9. The van der Waals surface area contributed by atoms with Crippen molar-refractivity contribution in [3.63, 3.8) is 0 Å². The molecule has 2 unspecified atom stereocenters. The number of fused-ring (bicyclic) bond motifs is 1. The van der Waals surface area contributed by atoms with Gasteiger partial charge in [0.15, 0.2) is 5.78 Å². The third-order valence-corrected chi connectivity index (χ3v) is 6.75. The van der Waals surface area contributed by atoms with Crippen molar-refractivity contribution in [1.29, 1.82) is 0 Å². The number of aliphatic imine (C=N–C) groups is 1. The van der Waals surface area contributed by atoms with Crippen LogP contribution in [0.2, 0.25) is 0 Å². The van der Waals surface area contributed by atoms with Crippen molar-refractivity contribution in [2.45, 2.75) is 59.3 Å². The van der Waals surface area contributed by atoms with Crippen LogP contribution in [-0.4, -0.2) is 17.3 Å². The van der Waals surface area contributed by atoms with Gasteiger partial charge >= 0.3 is 0 Å². The fraction of sp³-hybridized carbons (Fsp3) is 0.522. The minimum atomic E-state index is -0.422. The fourth-order valence-corrected chi connectivity index (χ4v) is 5.47. The topological polar surface area (TPSA) is 46.5 Å². The van der Waals surface area contributed by atoms with Gasteiger partial charge in [-0.1, -0.05) is 33.8 Å². The van der Waals surface area contributed by atoms with Crippen LogP contribution in [0.3, 0.4) is 0 Å². The van der Waals surface area contributed by atoms with Crippen LogP contribution in [0.1, 0.15) is 64.9 Å². The number of nitrogens with zero attached hydrogens (tertiary/aromatic N) is 1. The standard InChI is InChI=1S/C23H25BrFNO2/c1-22(2)8-15-20(17(27)10-22)19(12-5-6-14(25)13(24)7-12)21-16(26-15)9-23(3,4)11-18(21)28/h5-7,19-20H,8-11H2,1-4H3. The Morgan fingerprint density at radius 3 is 2.36 bits per heavy atom. The number of Topliss-reactive ketones (excluding diaryl/α,β-unsaturated/α-hetero) is 2. The number of halogens is 2. The molecule has 0 amide bonds. The Morgan fingerprint density at radius 1 is 1.00 bits per heavy atom. The highest BCUT2D eigenvalue weighted by Gasteiger charge is 2.49. The summed E-state index contributed by atoms with van der Waals surface area (Å²) in [7, 11) is 0. The summed E-state index contributed by atoms with van der Waals surface area (Å²) >= 11 is 3.26. The number of benzene rings is 1. The quantitative estimate of drug-likeness (QED) is 0.550. The number of rotatable bonds is 1. The second kappa shape index (κ2) is 6.45. The first kappa shape index (κ1) is 19.7. The predicted molar refractivity (Wildman–Crippen MR) is 111 cm³/mol. The van der Waals surface area contributed by atoms with E-state index in [2.05, 4.69) is 43.6 Å². The van der Waals surface area contributed by atoms with Gasteiger partial charge in [0.05, 0.1) is 10.4 Å². The monoisotopic (exact) mass is 445 g/mol. The van der Waals surface area contributed by atoms with Gasteiger partial charge in [-0.25, -0.2) is 4.39 Å². The van der Waals surface area contributed by atoms with Crippen molar-refractivity contribution in [1.82, 2.24) is 0 Å². The van der Waals surface area contributed by atoms with E-state index in [1.54, 1.807) is 12.1 Å². The minimum absolute atomic E-state index is 0.0668. The third kappa shape index (κ3) is 3.32. The highest BCUT2D eigenvalue weighted by molar-refractivity contribution is 9.10. The van der Waals surface area contributed by atoms with Crippen LogP contribution in [0, 0.1) is 22.6 Å². The first-order valence-corrected chi connectivity index (χ1v) is 10.6. The lowest BCUT2D eigenvalue weighted by molar-refractivity contribution is -0.124. The molecule has 1 fully saturated rings. The Labute approximate surface area is 173 Å². The molecule has 148 valence electrons. The van der Waals surface area contributed by atoms with E-state index in [4.69, 9.17) is 4.99 Å². The molecule has 2 atom stereocenters. The molecular weight excluding hydrogens is 421 g/mol. The van der Waals surface area contributed by atoms with Gasteiger partial charge in [0.2, 0.25) is 0 Å². The van der Waals surface area contributed by atoms with E-state index >= 15 is 0 Å². The number of carbonyl (C=O) groups is 2.